The van der Waals surface area contributed by atoms with E-state index in [1.807, 2.05) is 0 Å². The second kappa shape index (κ2) is 6.45. The van der Waals surface area contributed by atoms with E-state index in [1.165, 1.54) is 6.92 Å². The zero-order valence-electron chi connectivity index (χ0n) is 11.0. The zero-order chi connectivity index (χ0) is 17.5. The Labute approximate surface area is 148 Å². The lowest BCUT2D eigenvalue weighted by molar-refractivity contribution is 0.133. The summed E-state index contributed by atoms with van der Waals surface area (Å²) in [6.45, 7) is 1.36. The molecule has 122 valence electrons. The third-order valence-electron chi connectivity index (χ3n) is 2.66. The number of aromatic nitrogens is 1. The van der Waals surface area contributed by atoms with Crippen molar-refractivity contribution in [2.75, 3.05) is 0 Å². The molecule has 1 aromatic heterocycles. The van der Waals surface area contributed by atoms with Gasteiger partial charge in [0.05, 0.1) is 36.7 Å². The number of benzene rings is 1. The van der Waals surface area contributed by atoms with E-state index < -0.39 is 23.8 Å². The van der Waals surface area contributed by atoms with Crippen molar-refractivity contribution >= 4 is 69.6 Å². The van der Waals surface area contributed by atoms with E-state index in [1.54, 1.807) is 0 Å². The molecule has 2 N–H and O–H groups in total. The number of halogens is 4. The maximum absolute atomic E-state index is 10.9. The lowest BCUT2D eigenvalue weighted by Gasteiger charge is -2.15. The molecular weight excluding hydrogens is 396 g/mol. The molecule has 0 fully saturated rings. The first-order valence-corrected chi connectivity index (χ1v) is 7.14. The summed E-state index contributed by atoms with van der Waals surface area (Å²) >= 11 is 24.0. The second-order valence-corrected chi connectivity index (χ2v) is 5.58. The topological polar surface area (TPSA) is 106 Å². The number of hydrogen-bond donors (Lipinski definition) is 2. The third-order valence-corrected chi connectivity index (χ3v) is 4.45. The van der Waals surface area contributed by atoms with Crippen LogP contribution in [0.5, 0.6) is 11.5 Å². The minimum Gasteiger partial charge on any atom is -0.449 e. The van der Waals surface area contributed by atoms with Crippen LogP contribution in [-0.4, -0.2) is 27.5 Å². The summed E-state index contributed by atoms with van der Waals surface area (Å²) in [6.07, 6.45) is -3.43. The molecule has 0 aliphatic heterocycles. The van der Waals surface area contributed by atoms with E-state index in [9.17, 15) is 9.59 Å². The van der Waals surface area contributed by atoms with Gasteiger partial charge in [-0.2, -0.15) is 0 Å². The van der Waals surface area contributed by atoms with Crippen LogP contribution in [-0.2, 0) is 0 Å². The quantitative estimate of drug-likeness (QED) is 0.401. The molecule has 0 spiro atoms. The Kier molecular flexibility index (Phi) is 4.95. The standard InChI is InChI=1S/C12H5Cl4NO6/c1-2-9(22-11(18)19)10(23-12(20)21)3-4(13)5(14)6(15)7(16)8(3)17-2/h1H3,(H,18,19)(H,20,21). The lowest BCUT2D eigenvalue weighted by Crippen LogP contribution is -2.11. The average molecular weight is 401 g/mol. The van der Waals surface area contributed by atoms with Crippen molar-refractivity contribution in [1.29, 1.82) is 0 Å². The second-order valence-electron chi connectivity index (χ2n) is 4.07. The number of fused-ring (bicyclic) bond motifs is 1. The smallest absolute Gasteiger partial charge is 0.449 e. The van der Waals surface area contributed by atoms with Crippen LogP contribution in [0.15, 0.2) is 0 Å². The molecule has 0 bridgehead atoms. The molecule has 1 heterocycles. The monoisotopic (exact) mass is 399 g/mol. The van der Waals surface area contributed by atoms with Crippen LogP contribution in [0.25, 0.3) is 10.9 Å². The number of ether oxygens (including phenoxy) is 2. The Morgan fingerprint density at radius 3 is 1.87 bits per heavy atom. The number of rotatable bonds is 2. The number of carbonyl (C=O) groups is 2. The van der Waals surface area contributed by atoms with Crippen LogP contribution >= 0.6 is 46.4 Å². The number of carboxylic acid groups (broad SMARTS) is 2. The molecule has 0 saturated carbocycles. The summed E-state index contributed by atoms with van der Waals surface area (Å²) in [5.41, 5.74) is -0.0231. The fourth-order valence-corrected chi connectivity index (χ4v) is 2.79. The molecule has 0 aliphatic rings. The van der Waals surface area contributed by atoms with E-state index in [4.69, 9.17) is 56.6 Å². The summed E-state index contributed by atoms with van der Waals surface area (Å²) in [4.78, 5) is 25.8. The van der Waals surface area contributed by atoms with Gasteiger partial charge in [-0.05, 0) is 6.92 Å². The van der Waals surface area contributed by atoms with Gasteiger partial charge in [0.1, 0.15) is 0 Å². The average Bonchev–Trinajstić information content (AvgIpc) is 2.45. The van der Waals surface area contributed by atoms with Gasteiger partial charge < -0.3 is 19.7 Å². The van der Waals surface area contributed by atoms with E-state index in [0.29, 0.717) is 0 Å². The molecule has 11 heteroatoms. The highest BCUT2D eigenvalue weighted by Crippen LogP contribution is 2.49. The van der Waals surface area contributed by atoms with Crippen molar-refractivity contribution in [3.05, 3.63) is 25.8 Å². The number of aryl methyl sites for hydroxylation is 1. The van der Waals surface area contributed by atoms with Crippen molar-refractivity contribution < 1.29 is 29.3 Å². The number of nitrogens with zero attached hydrogens (tertiary/aromatic N) is 1. The van der Waals surface area contributed by atoms with Gasteiger partial charge in [-0.3, -0.25) is 0 Å². The Morgan fingerprint density at radius 2 is 1.35 bits per heavy atom. The van der Waals surface area contributed by atoms with Gasteiger partial charge in [0.2, 0.25) is 0 Å². The predicted molar refractivity (Wildman–Crippen MR) is 83.8 cm³/mol. The van der Waals surface area contributed by atoms with Crippen LogP contribution in [0, 0.1) is 6.92 Å². The maximum atomic E-state index is 10.9. The van der Waals surface area contributed by atoms with Crippen LogP contribution in [0.2, 0.25) is 20.1 Å². The van der Waals surface area contributed by atoms with Crippen LogP contribution in [0.3, 0.4) is 0 Å². The molecule has 0 atom stereocenters. The molecule has 0 saturated heterocycles. The molecule has 23 heavy (non-hydrogen) atoms. The first-order chi connectivity index (χ1) is 10.6. The summed E-state index contributed by atoms with van der Waals surface area (Å²) in [5.74, 6) is -0.961. The van der Waals surface area contributed by atoms with Crippen molar-refractivity contribution in [3.63, 3.8) is 0 Å². The number of hydrogen-bond acceptors (Lipinski definition) is 5. The SMILES string of the molecule is Cc1nc2c(Cl)c(Cl)c(Cl)c(Cl)c2c(OC(=O)O)c1OC(=O)O. The van der Waals surface area contributed by atoms with E-state index in [2.05, 4.69) is 14.5 Å². The first-order valence-electron chi connectivity index (χ1n) is 5.63. The first kappa shape index (κ1) is 17.7. The van der Waals surface area contributed by atoms with Gasteiger partial charge in [-0.25, -0.2) is 14.6 Å². The molecule has 2 rings (SSSR count). The molecule has 1 aromatic carbocycles. The van der Waals surface area contributed by atoms with Crippen molar-refractivity contribution in [3.8, 4) is 11.5 Å². The summed E-state index contributed by atoms with van der Waals surface area (Å²) in [5, 5.41) is 16.9. The highest BCUT2D eigenvalue weighted by atomic mass is 35.5. The molecule has 0 aliphatic carbocycles. The Balaban J connectivity index is 3.01. The van der Waals surface area contributed by atoms with Crippen molar-refractivity contribution in [2.24, 2.45) is 0 Å². The highest BCUT2D eigenvalue weighted by molar-refractivity contribution is 6.55. The largest absolute Gasteiger partial charge is 0.511 e. The predicted octanol–water partition coefficient (Wildman–Crippen LogP) is 5.27. The van der Waals surface area contributed by atoms with Crippen LogP contribution in [0.4, 0.5) is 9.59 Å². The summed E-state index contributed by atoms with van der Waals surface area (Å²) in [7, 11) is 0. The lowest BCUT2D eigenvalue weighted by atomic mass is 10.1. The Bertz CT molecular complexity index is 854. The van der Waals surface area contributed by atoms with Gasteiger partial charge in [-0.15, -0.1) is 0 Å². The minimum atomic E-state index is -1.73. The van der Waals surface area contributed by atoms with E-state index in [-0.39, 0.29) is 36.7 Å². The van der Waals surface area contributed by atoms with Gasteiger partial charge >= 0.3 is 12.3 Å². The molecule has 7 nitrogen and oxygen atoms in total. The molecular formula is C12H5Cl4NO6. The summed E-state index contributed by atoms with van der Waals surface area (Å²) < 4.78 is 9.15. The Hall–Kier alpha value is -1.67. The minimum absolute atomic E-state index is 0.00694. The van der Waals surface area contributed by atoms with Gasteiger partial charge in [0.15, 0.2) is 11.5 Å². The van der Waals surface area contributed by atoms with Crippen molar-refractivity contribution in [2.45, 2.75) is 6.92 Å². The fraction of sp³-hybridized carbons (Fsp3) is 0.0833. The highest BCUT2D eigenvalue weighted by Gasteiger charge is 2.27. The van der Waals surface area contributed by atoms with Gasteiger partial charge in [-0.1, -0.05) is 46.4 Å². The van der Waals surface area contributed by atoms with E-state index in [0.717, 1.165) is 0 Å². The fourth-order valence-electron chi connectivity index (χ4n) is 1.82. The summed E-state index contributed by atoms with van der Waals surface area (Å²) in [6, 6.07) is 0. The number of pyridine rings is 1. The zero-order valence-corrected chi connectivity index (χ0v) is 14.0. The van der Waals surface area contributed by atoms with Crippen LogP contribution < -0.4 is 9.47 Å². The molecule has 0 radical (unpaired) electrons. The van der Waals surface area contributed by atoms with E-state index >= 15 is 0 Å². The van der Waals surface area contributed by atoms with Gasteiger partial charge in [0, 0.05) is 0 Å². The third kappa shape index (κ3) is 3.18. The normalized spacial score (nSPS) is 10.7. The van der Waals surface area contributed by atoms with Gasteiger partial charge in [0.25, 0.3) is 0 Å². The molecule has 0 unspecified atom stereocenters. The molecule has 2 aromatic rings. The Morgan fingerprint density at radius 1 is 0.870 bits per heavy atom. The molecule has 0 amide bonds. The maximum Gasteiger partial charge on any atom is 0.511 e. The van der Waals surface area contributed by atoms with Crippen molar-refractivity contribution in [1.82, 2.24) is 4.98 Å². The van der Waals surface area contributed by atoms with Crippen LogP contribution in [0.1, 0.15) is 5.69 Å².